The Bertz CT molecular complexity index is 838. The second-order valence-corrected chi connectivity index (χ2v) is 6.66. The fourth-order valence-electron chi connectivity index (χ4n) is 2.62. The van der Waals surface area contributed by atoms with Crippen LogP contribution in [0.3, 0.4) is 0 Å². The zero-order valence-corrected chi connectivity index (χ0v) is 15.2. The minimum Gasteiger partial charge on any atom is -0.462 e. The Morgan fingerprint density at radius 2 is 1.80 bits per heavy atom. The number of carbonyl (C=O) groups excluding carboxylic acids is 1. The summed E-state index contributed by atoms with van der Waals surface area (Å²) in [6.07, 6.45) is 0. The van der Waals surface area contributed by atoms with Crippen molar-refractivity contribution in [1.82, 2.24) is 0 Å². The Labute approximate surface area is 152 Å². The van der Waals surface area contributed by atoms with E-state index in [2.05, 4.69) is 36.5 Å². The van der Waals surface area contributed by atoms with Crippen molar-refractivity contribution >= 4 is 22.3 Å². The van der Waals surface area contributed by atoms with Crippen molar-refractivity contribution in [3.05, 3.63) is 76.7 Å². The number of ether oxygens (including phenoxy) is 1. The number of hydrogen-bond acceptors (Lipinski definition) is 4. The number of hydrogen-bond donors (Lipinski definition) is 1. The molecule has 1 aromatic heterocycles. The zero-order chi connectivity index (χ0) is 17.6. The van der Waals surface area contributed by atoms with E-state index in [9.17, 15) is 4.79 Å². The third-order valence-electron chi connectivity index (χ3n) is 3.93. The Morgan fingerprint density at radius 1 is 1.08 bits per heavy atom. The predicted octanol–water partition coefficient (Wildman–Crippen LogP) is 5.51. The first-order chi connectivity index (χ1) is 12.2. The van der Waals surface area contributed by atoms with Gasteiger partial charge >= 0.3 is 5.97 Å². The molecule has 1 heterocycles. The number of esters is 1. The highest BCUT2D eigenvalue weighted by Crippen LogP contribution is 2.36. The molecule has 2 aromatic carbocycles. The van der Waals surface area contributed by atoms with Crippen LogP contribution in [-0.4, -0.2) is 12.6 Å². The van der Waals surface area contributed by atoms with Gasteiger partial charge in [0.05, 0.1) is 6.61 Å². The lowest BCUT2D eigenvalue weighted by Crippen LogP contribution is -2.09. The van der Waals surface area contributed by atoms with Gasteiger partial charge in [-0.2, -0.15) is 0 Å². The van der Waals surface area contributed by atoms with E-state index in [-0.39, 0.29) is 5.97 Å². The third kappa shape index (κ3) is 4.09. The van der Waals surface area contributed by atoms with Crippen molar-refractivity contribution in [2.75, 3.05) is 11.9 Å². The van der Waals surface area contributed by atoms with E-state index >= 15 is 0 Å². The molecule has 3 aromatic rings. The summed E-state index contributed by atoms with van der Waals surface area (Å²) >= 11 is 1.54. The molecule has 4 heteroatoms. The maximum atomic E-state index is 12.5. The second-order valence-electron chi connectivity index (χ2n) is 5.78. The normalized spacial score (nSPS) is 10.5. The molecule has 0 saturated heterocycles. The van der Waals surface area contributed by atoms with Crippen LogP contribution in [0.15, 0.2) is 60.0 Å². The van der Waals surface area contributed by atoms with Gasteiger partial charge in [-0.15, -0.1) is 11.3 Å². The fraction of sp³-hybridized carbons (Fsp3) is 0.190. The molecule has 0 atom stereocenters. The molecule has 0 radical (unpaired) electrons. The second kappa shape index (κ2) is 7.99. The van der Waals surface area contributed by atoms with Gasteiger partial charge in [0.1, 0.15) is 10.6 Å². The van der Waals surface area contributed by atoms with Crippen LogP contribution in [0.4, 0.5) is 5.00 Å². The highest BCUT2D eigenvalue weighted by molar-refractivity contribution is 7.15. The van der Waals surface area contributed by atoms with Crippen LogP contribution in [0.1, 0.15) is 28.4 Å². The summed E-state index contributed by atoms with van der Waals surface area (Å²) in [6, 6.07) is 18.3. The van der Waals surface area contributed by atoms with E-state index in [1.807, 2.05) is 42.6 Å². The van der Waals surface area contributed by atoms with E-state index in [4.69, 9.17) is 4.74 Å². The number of carbonyl (C=O) groups is 1. The molecule has 0 amide bonds. The summed E-state index contributed by atoms with van der Waals surface area (Å²) in [5.74, 6) is -0.283. The van der Waals surface area contributed by atoms with Gasteiger partial charge in [-0.25, -0.2) is 4.79 Å². The third-order valence-corrected chi connectivity index (χ3v) is 4.87. The van der Waals surface area contributed by atoms with E-state index in [0.717, 1.165) is 16.1 Å². The number of rotatable bonds is 6. The van der Waals surface area contributed by atoms with E-state index < -0.39 is 0 Å². The summed E-state index contributed by atoms with van der Waals surface area (Å²) in [4.78, 5) is 12.5. The van der Waals surface area contributed by atoms with Crippen LogP contribution in [-0.2, 0) is 11.3 Å². The number of thiophene rings is 1. The Kier molecular flexibility index (Phi) is 5.51. The molecule has 25 heavy (non-hydrogen) atoms. The summed E-state index contributed by atoms with van der Waals surface area (Å²) < 4.78 is 5.29. The lowest BCUT2D eigenvalue weighted by molar-refractivity contribution is 0.0529. The van der Waals surface area contributed by atoms with Crippen LogP contribution in [0, 0.1) is 6.92 Å². The van der Waals surface area contributed by atoms with Crippen LogP contribution >= 0.6 is 11.3 Å². The molecule has 0 spiro atoms. The predicted molar refractivity (Wildman–Crippen MR) is 104 cm³/mol. The highest BCUT2D eigenvalue weighted by atomic mass is 32.1. The number of aryl methyl sites for hydroxylation is 1. The molecule has 0 fully saturated rings. The summed E-state index contributed by atoms with van der Waals surface area (Å²) in [7, 11) is 0. The Morgan fingerprint density at radius 3 is 2.48 bits per heavy atom. The zero-order valence-electron chi connectivity index (χ0n) is 14.4. The quantitative estimate of drug-likeness (QED) is 0.595. The van der Waals surface area contributed by atoms with Crippen molar-refractivity contribution in [3.63, 3.8) is 0 Å². The van der Waals surface area contributed by atoms with E-state index in [0.29, 0.717) is 18.7 Å². The van der Waals surface area contributed by atoms with Gasteiger partial charge in [0.25, 0.3) is 0 Å². The molecular formula is C21H21NO2S. The van der Waals surface area contributed by atoms with Crippen molar-refractivity contribution in [2.24, 2.45) is 0 Å². The van der Waals surface area contributed by atoms with Gasteiger partial charge in [-0.05, 0) is 25.0 Å². The first-order valence-corrected chi connectivity index (χ1v) is 9.20. The molecule has 0 saturated carbocycles. The van der Waals surface area contributed by atoms with Crippen molar-refractivity contribution < 1.29 is 9.53 Å². The van der Waals surface area contributed by atoms with Crippen LogP contribution in [0.2, 0.25) is 0 Å². The average molecular weight is 351 g/mol. The molecular weight excluding hydrogens is 330 g/mol. The molecule has 128 valence electrons. The SMILES string of the molecule is CCOC(=O)c1c(-c2ccc(C)cc2)csc1NCc1ccccc1. The summed E-state index contributed by atoms with van der Waals surface area (Å²) in [5, 5.41) is 6.25. The van der Waals surface area contributed by atoms with Gasteiger partial charge in [0.2, 0.25) is 0 Å². The highest BCUT2D eigenvalue weighted by Gasteiger charge is 2.21. The number of anilines is 1. The Balaban J connectivity index is 1.92. The first-order valence-electron chi connectivity index (χ1n) is 8.32. The van der Waals surface area contributed by atoms with Gasteiger partial charge in [0.15, 0.2) is 0 Å². The summed E-state index contributed by atoms with van der Waals surface area (Å²) in [6.45, 7) is 4.91. The molecule has 0 bridgehead atoms. The lowest BCUT2D eigenvalue weighted by atomic mass is 10.0. The van der Waals surface area contributed by atoms with Crippen LogP contribution in [0.5, 0.6) is 0 Å². The maximum Gasteiger partial charge on any atom is 0.341 e. The standard InChI is InChI=1S/C21H21NO2S/c1-3-24-21(23)19-18(17-11-9-15(2)10-12-17)14-25-20(19)22-13-16-7-5-4-6-8-16/h4-12,14,22H,3,13H2,1-2H3. The molecule has 3 rings (SSSR count). The van der Waals surface area contributed by atoms with E-state index in [1.165, 1.54) is 22.5 Å². The van der Waals surface area contributed by atoms with E-state index in [1.54, 1.807) is 0 Å². The largest absolute Gasteiger partial charge is 0.462 e. The first kappa shape index (κ1) is 17.2. The molecule has 0 aliphatic heterocycles. The summed E-state index contributed by atoms with van der Waals surface area (Å²) in [5.41, 5.74) is 4.92. The van der Waals surface area contributed by atoms with Crippen LogP contribution < -0.4 is 5.32 Å². The topological polar surface area (TPSA) is 38.3 Å². The Hall–Kier alpha value is -2.59. The number of nitrogens with one attached hydrogen (secondary N) is 1. The molecule has 3 nitrogen and oxygen atoms in total. The fourth-order valence-corrected chi connectivity index (χ4v) is 3.57. The molecule has 0 aliphatic rings. The number of benzene rings is 2. The smallest absolute Gasteiger partial charge is 0.341 e. The maximum absolute atomic E-state index is 12.5. The average Bonchev–Trinajstić information content (AvgIpc) is 3.06. The van der Waals surface area contributed by atoms with Crippen LogP contribution in [0.25, 0.3) is 11.1 Å². The van der Waals surface area contributed by atoms with Gasteiger partial charge in [-0.3, -0.25) is 0 Å². The minimum absolute atomic E-state index is 0.283. The van der Waals surface area contributed by atoms with Gasteiger partial charge in [-0.1, -0.05) is 60.2 Å². The van der Waals surface area contributed by atoms with Gasteiger partial charge in [0, 0.05) is 17.5 Å². The molecule has 0 aliphatic carbocycles. The molecule has 1 N–H and O–H groups in total. The van der Waals surface area contributed by atoms with Gasteiger partial charge < -0.3 is 10.1 Å². The monoisotopic (exact) mass is 351 g/mol. The molecule has 0 unspecified atom stereocenters. The van der Waals surface area contributed by atoms with Crippen molar-refractivity contribution in [1.29, 1.82) is 0 Å². The van der Waals surface area contributed by atoms with Crippen molar-refractivity contribution in [2.45, 2.75) is 20.4 Å². The lowest BCUT2D eigenvalue weighted by Gasteiger charge is -2.10. The van der Waals surface area contributed by atoms with Crippen molar-refractivity contribution in [3.8, 4) is 11.1 Å². The minimum atomic E-state index is -0.283.